The Morgan fingerprint density at radius 1 is 0.548 bits per heavy atom. The van der Waals surface area contributed by atoms with E-state index in [0.29, 0.717) is 12.8 Å². The van der Waals surface area contributed by atoms with E-state index in [4.69, 9.17) is 18.9 Å². The topological polar surface area (TPSA) is 186 Å². The van der Waals surface area contributed by atoms with E-state index in [1.807, 2.05) is 12.2 Å². The van der Waals surface area contributed by atoms with Crippen molar-refractivity contribution in [2.45, 2.75) is 179 Å². The molecule has 0 aromatic heterocycles. The Morgan fingerprint density at radius 2 is 1.00 bits per heavy atom. The van der Waals surface area contributed by atoms with Gasteiger partial charge in [0.1, 0.15) is 36.8 Å². The fraction of sp³-hybridized carbons (Fsp3) is 0.633. The molecule has 1 saturated heterocycles. The first-order valence-electron chi connectivity index (χ1n) is 22.8. The number of aliphatic hydroxyl groups is 3. The summed E-state index contributed by atoms with van der Waals surface area (Å²) in [5.41, 5.74) is 0. The lowest BCUT2D eigenvalue weighted by atomic mass is 10.00. The van der Waals surface area contributed by atoms with Crippen molar-refractivity contribution in [3.8, 4) is 0 Å². The minimum Gasteiger partial charge on any atom is -0.462 e. The second-order valence-corrected chi connectivity index (χ2v) is 16.8. The SMILES string of the molecule is CC/C=C\C/C=C\C/C=C\C/C=C\CCCCCCCCCCC(=O)OC(COC(=O)CC/C=C\C/C=C\C/C=C\C/C=C\CC)COC1OC(CS(=O)(=O)O)C(O)C(O)C1O. The van der Waals surface area contributed by atoms with Crippen LogP contribution in [0.25, 0.3) is 0 Å². The maximum Gasteiger partial charge on any atom is 0.306 e. The van der Waals surface area contributed by atoms with Crippen molar-refractivity contribution in [3.63, 3.8) is 0 Å². The molecule has 6 unspecified atom stereocenters. The Hall–Kier alpha value is -3.43. The monoisotopic (exact) mass is 891 g/mol. The van der Waals surface area contributed by atoms with Gasteiger partial charge in [0.2, 0.25) is 0 Å². The molecule has 0 saturated carbocycles. The van der Waals surface area contributed by atoms with Crippen LogP contribution in [0.1, 0.15) is 142 Å². The molecule has 0 spiro atoms. The maximum absolute atomic E-state index is 12.8. The van der Waals surface area contributed by atoms with Crippen LogP contribution in [0.15, 0.2) is 97.2 Å². The molecule has 1 heterocycles. The van der Waals surface area contributed by atoms with Crippen molar-refractivity contribution in [1.82, 2.24) is 0 Å². The number of ether oxygens (including phenoxy) is 4. The number of carbonyl (C=O) groups excluding carboxylic acids is 2. The highest BCUT2D eigenvalue weighted by atomic mass is 32.2. The second-order valence-electron chi connectivity index (χ2n) is 15.3. The smallest absolute Gasteiger partial charge is 0.306 e. The fourth-order valence-electron chi connectivity index (χ4n) is 6.21. The van der Waals surface area contributed by atoms with Crippen LogP contribution in [-0.2, 0) is 38.7 Å². The zero-order chi connectivity index (χ0) is 45.5. The summed E-state index contributed by atoms with van der Waals surface area (Å²) in [6, 6.07) is 0. The van der Waals surface area contributed by atoms with Crippen LogP contribution in [-0.4, -0.2) is 96.0 Å². The van der Waals surface area contributed by atoms with Gasteiger partial charge in [0, 0.05) is 12.8 Å². The van der Waals surface area contributed by atoms with E-state index in [2.05, 4.69) is 98.9 Å². The normalized spacial score (nSPS) is 20.8. The maximum atomic E-state index is 12.8. The molecule has 6 atom stereocenters. The summed E-state index contributed by atoms with van der Waals surface area (Å²) in [5.74, 6) is -2.11. The summed E-state index contributed by atoms with van der Waals surface area (Å²) in [6.07, 6.45) is 41.8. The van der Waals surface area contributed by atoms with Crippen molar-refractivity contribution >= 4 is 22.1 Å². The number of allylic oxidation sites excluding steroid dienone is 16. The lowest BCUT2D eigenvalue weighted by Gasteiger charge is -2.40. The molecule has 1 aliphatic heterocycles. The first-order valence-corrected chi connectivity index (χ1v) is 24.4. The highest BCUT2D eigenvalue weighted by molar-refractivity contribution is 7.85. The van der Waals surface area contributed by atoms with Crippen LogP contribution >= 0.6 is 0 Å². The number of esters is 2. The van der Waals surface area contributed by atoms with E-state index in [1.165, 1.54) is 19.3 Å². The molecule has 13 heteroatoms. The first kappa shape index (κ1) is 56.6. The molecule has 0 radical (unpaired) electrons. The summed E-state index contributed by atoms with van der Waals surface area (Å²) in [4.78, 5) is 25.4. The molecule has 0 amide bonds. The van der Waals surface area contributed by atoms with Gasteiger partial charge in [-0.25, -0.2) is 0 Å². The largest absolute Gasteiger partial charge is 0.462 e. The zero-order valence-electron chi connectivity index (χ0n) is 37.4. The van der Waals surface area contributed by atoms with E-state index in [-0.39, 0.29) is 19.4 Å². The third-order valence-electron chi connectivity index (χ3n) is 9.67. The second kappa shape index (κ2) is 38.1. The number of hydrogen-bond donors (Lipinski definition) is 4. The quantitative estimate of drug-likeness (QED) is 0.0202. The first-order chi connectivity index (χ1) is 30.0. The van der Waals surface area contributed by atoms with E-state index in [0.717, 1.165) is 83.5 Å². The lowest BCUT2D eigenvalue weighted by molar-refractivity contribution is -0.297. The summed E-state index contributed by atoms with van der Waals surface area (Å²) in [5, 5.41) is 30.9. The third kappa shape index (κ3) is 32.3. The summed E-state index contributed by atoms with van der Waals surface area (Å²) < 4.78 is 54.0. The molecule has 4 N–H and O–H groups in total. The van der Waals surface area contributed by atoms with Crippen molar-refractivity contribution < 1.29 is 56.8 Å². The van der Waals surface area contributed by atoms with Gasteiger partial charge in [0.05, 0.1) is 6.61 Å². The van der Waals surface area contributed by atoms with Gasteiger partial charge in [-0.15, -0.1) is 0 Å². The zero-order valence-corrected chi connectivity index (χ0v) is 38.2. The fourth-order valence-corrected chi connectivity index (χ4v) is 6.90. The molecule has 0 bridgehead atoms. The minimum atomic E-state index is -4.62. The van der Waals surface area contributed by atoms with Crippen LogP contribution in [0.2, 0.25) is 0 Å². The van der Waals surface area contributed by atoms with Crippen LogP contribution in [0, 0.1) is 0 Å². The molecule has 1 rings (SSSR count). The van der Waals surface area contributed by atoms with Crippen LogP contribution in [0.5, 0.6) is 0 Å². The van der Waals surface area contributed by atoms with E-state index < -0.39 is 71.2 Å². The molecule has 12 nitrogen and oxygen atoms in total. The third-order valence-corrected chi connectivity index (χ3v) is 10.4. The van der Waals surface area contributed by atoms with Crippen LogP contribution in [0.3, 0.4) is 0 Å². The molecule has 1 aliphatic rings. The van der Waals surface area contributed by atoms with Gasteiger partial charge in [-0.3, -0.25) is 14.1 Å². The molecular weight excluding hydrogens is 813 g/mol. The highest BCUT2D eigenvalue weighted by Gasteiger charge is 2.46. The Balaban J connectivity index is 2.46. The summed E-state index contributed by atoms with van der Waals surface area (Å²) in [6.45, 7) is 3.44. The Bertz CT molecular complexity index is 1510. The molecule has 0 aromatic rings. The van der Waals surface area contributed by atoms with Gasteiger partial charge in [0.15, 0.2) is 12.4 Å². The minimum absolute atomic E-state index is 0.0902. The Kier molecular flexibility index (Phi) is 34.7. The molecule has 62 heavy (non-hydrogen) atoms. The summed E-state index contributed by atoms with van der Waals surface area (Å²) in [7, 11) is -4.62. The van der Waals surface area contributed by atoms with E-state index >= 15 is 0 Å². The predicted octanol–water partition coefficient (Wildman–Crippen LogP) is 9.44. The average Bonchev–Trinajstić information content (AvgIpc) is 3.24. The number of carbonyl (C=O) groups is 2. The molecule has 352 valence electrons. The lowest BCUT2D eigenvalue weighted by Crippen LogP contribution is -2.60. The van der Waals surface area contributed by atoms with Crippen molar-refractivity contribution in [2.24, 2.45) is 0 Å². The van der Waals surface area contributed by atoms with Gasteiger partial charge in [0.25, 0.3) is 10.1 Å². The van der Waals surface area contributed by atoms with Gasteiger partial charge >= 0.3 is 11.9 Å². The Labute approximate surface area is 373 Å². The van der Waals surface area contributed by atoms with Gasteiger partial charge < -0.3 is 34.3 Å². The van der Waals surface area contributed by atoms with Crippen molar-refractivity contribution in [2.75, 3.05) is 19.0 Å². The van der Waals surface area contributed by atoms with Crippen molar-refractivity contribution in [3.05, 3.63) is 97.2 Å². The van der Waals surface area contributed by atoms with Crippen LogP contribution < -0.4 is 0 Å². The van der Waals surface area contributed by atoms with E-state index in [9.17, 15) is 37.9 Å². The molecule has 1 fully saturated rings. The predicted molar refractivity (Wildman–Crippen MR) is 247 cm³/mol. The Morgan fingerprint density at radius 3 is 1.50 bits per heavy atom. The number of hydrogen-bond acceptors (Lipinski definition) is 11. The average molecular weight is 891 g/mol. The van der Waals surface area contributed by atoms with Crippen molar-refractivity contribution in [1.29, 1.82) is 0 Å². The molecular formula is C49H78O12S. The van der Waals surface area contributed by atoms with Gasteiger partial charge in [-0.05, 0) is 77.0 Å². The standard InChI is InChI=1S/C49H78O12S/c1-3-5-7-9-11-13-15-17-18-19-20-21-22-23-24-26-28-30-32-34-36-38-45(51)60-42(40-59-49-48(54)47(53)46(52)43(61-49)41-62(55,56)57)39-58-44(50)37-35-33-31-29-27-25-16-14-12-10-8-6-4-2/h5-8,11-14,17-18,20-21,25,27,31,33,42-43,46-49,52-54H,3-4,9-10,15-16,19,22-24,26,28-30,32,34-41H2,1-2H3,(H,55,56,57)/b7-5-,8-6-,13-11-,14-12-,18-17-,21-20-,27-25-,33-31-. The van der Waals surface area contributed by atoms with Crippen LogP contribution in [0.4, 0.5) is 0 Å². The number of rotatable bonds is 36. The highest BCUT2D eigenvalue weighted by Crippen LogP contribution is 2.24. The molecule has 0 aliphatic carbocycles. The molecule has 0 aromatic carbocycles. The summed E-state index contributed by atoms with van der Waals surface area (Å²) >= 11 is 0. The van der Waals surface area contributed by atoms with Gasteiger partial charge in [-0.2, -0.15) is 8.42 Å². The number of unbranched alkanes of at least 4 members (excludes halogenated alkanes) is 8. The van der Waals surface area contributed by atoms with Gasteiger partial charge in [-0.1, -0.05) is 150 Å². The van der Waals surface area contributed by atoms with E-state index in [1.54, 1.807) is 0 Å². The number of aliphatic hydroxyl groups excluding tert-OH is 3.